The largest absolute Gasteiger partial charge is 0.378 e. The van der Waals surface area contributed by atoms with Crippen LogP contribution in [0, 0.1) is 0 Å². The molecular formula is C45H51N7O2. The number of rotatable bonds is 9. The van der Waals surface area contributed by atoms with Crippen LogP contribution in [0.15, 0.2) is 103 Å². The molecule has 4 atom stereocenters. The fraction of sp³-hybridized carbons (Fsp3) is 0.356. The van der Waals surface area contributed by atoms with E-state index in [2.05, 4.69) is 125 Å². The topological polar surface area (TPSA) is 85.7 Å². The Morgan fingerprint density at radius 2 is 1.20 bits per heavy atom. The number of anilines is 4. The number of imidazole rings is 1. The quantitative estimate of drug-likeness (QED) is 0.158. The molecule has 1 aromatic heterocycles. The Morgan fingerprint density at radius 1 is 0.685 bits per heavy atom. The zero-order valence-electron chi connectivity index (χ0n) is 31.8. The molecule has 4 aromatic carbocycles. The molecule has 0 unspecified atom stereocenters. The van der Waals surface area contributed by atoms with Crippen LogP contribution in [-0.2, 0) is 29.2 Å². The van der Waals surface area contributed by atoms with Gasteiger partial charge in [-0.2, -0.15) is 0 Å². The summed E-state index contributed by atoms with van der Waals surface area (Å²) in [4.78, 5) is 37.0. The first-order valence-electron chi connectivity index (χ1n) is 19.6. The van der Waals surface area contributed by atoms with Crippen LogP contribution in [0.5, 0.6) is 0 Å². The van der Waals surface area contributed by atoms with Gasteiger partial charge in [0.15, 0.2) is 0 Å². The Bertz CT molecular complexity index is 2120. The zero-order chi connectivity index (χ0) is 37.3. The average Bonchev–Trinajstić information content (AvgIpc) is 3.62. The molecule has 278 valence electrons. The second-order valence-corrected chi connectivity index (χ2v) is 15.1. The number of amides is 2. The maximum absolute atomic E-state index is 12.8. The minimum Gasteiger partial charge on any atom is -0.378 e. The SMILES string of the molecule is CCC(=O)N1c2ccccc2[C@H](Nc2ccc(CN3CCn4cc(-c5ccc(N[C@@H]6C[C@H](C)N(C(=O)CC)c7ccccc76)cc5)nc4C3)cc2)C[C@@H]1C. The molecule has 5 aromatic rings. The van der Waals surface area contributed by atoms with E-state index in [1.54, 1.807) is 0 Å². The van der Waals surface area contributed by atoms with E-state index in [1.807, 2.05) is 35.8 Å². The Balaban J connectivity index is 0.887. The number of hydrogen-bond acceptors (Lipinski definition) is 6. The van der Waals surface area contributed by atoms with Gasteiger partial charge in [0, 0.05) is 79.1 Å². The van der Waals surface area contributed by atoms with Crippen molar-refractivity contribution >= 4 is 34.6 Å². The third kappa shape index (κ3) is 7.00. The first-order valence-corrected chi connectivity index (χ1v) is 19.6. The fourth-order valence-electron chi connectivity index (χ4n) is 8.68. The predicted octanol–water partition coefficient (Wildman–Crippen LogP) is 8.94. The van der Waals surface area contributed by atoms with Gasteiger partial charge in [-0.05, 0) is 79.8 Å². The first-order chi connectivity index (χ1) is 26.3. The minimum atomic E-state index is 0.123. The average molecular weight is 722 g/mol. The molecule has 2 amide bonds. The number of benzene rings is 4. The number of aromatic nitrogens is 2. The molecule has 0 fully saturated rings. The third-order valence-electron chi connectivity index (χ3n) is 11.4. The lowest BCUT2D eigenvalue weighted by atomic mass is 9.91. The van der Waals surface area contributed by atoms with Gasteiger partial charge in [-0.3, -0.25) is 14.5 Å². The predicted molar refractivity (Wildman–Crippen MR) is 218 cm³/mol. The van der Waals surface area contributed by atoms with Crippen molar-refractivity contribution < 1.29 is 9.59 Å². The number of nitrogens with one attached hydrogen (secondary N) is 2. The van der Waals surface area contributed by atoms with Crippen molar-refractivity contribution in [1.82, 2.24) is 14.5 Å². The normalized spacial score (nSPS) is 20.8. The number of hydrogen-bond donors (Lipinski definition) is 2. The lowest BCUT2D eigenvalue weighted by Crippen LogP contribution is -2.44. The number of carbonyl (C=O) groups excluding carboxylic acids is 2. The smallest absolute Gasteiger partial charge is 0.226 e. The molecule has 2 N–H and O–H groups in total. The standard InChI is InChI=1S/C45H51N7O2/c1-5-44(53)51-30(3)25-38(36-11-7-9-13-41(36)51)46-34-19-15-32(16-20-34)27-49-23-24-50-28-40(48-43(50)29-49)33-17-21-35(22-18-33)47-39-26-31(4)52(45(54)6-2)42-14-10-8-12-37(39)42/h7-22,28,30-31,38-39,46-47H,5-6,23-27,29H2,1-4H3/t30-,31-,38+,39+/m0/s1. The molecule has 0 aliphatic carbocycles. The third-order valence-corrected chi connectivity index (χ3v) is 11.4. The zero-order valence-corrected chi connectivity index (χ0v) is 31.8. The van der Waals surface area contributed by atoms with E-state index in [0.29, 0.717) is 12.8 Å². The monoisotopic (exact) mass is 721 g/mol. The molecule has 0 radical (unpaired) electrons. The van der Waals surface area contributed by atoms with E-state index in [9.17, 15) is 9.59 Å². The summed E-state index contributed by atoms with van der Waals surface area (Å²) >= 11 is 0. The molecule has 3 aliphatic heterocycles. The van der Waals surface area contributed by atoms with Crippen LogP contribution in [0.3, 0.4) is 0 Å². The van der Waals surface area contributed by atoms with Gasteiger partial charge >= 0.3 is 0 Å². The summed E-state index contributed by atoms with van der Waals surface area (Å²) in [6, 6.07) is 34.5. The van der Waals surface area contributed by atoms with E-state index < -0.39 is 0 Å². The maximum atomic E-state index is 12.8. The van der Waals surface area contributed by atoms with Gasteiger partial charge in [0.2, 0.25) is 11.8 Å². The lowest BCUT2D eigenvalue weighted by molar-refractivity contribution is -0.119. The van der Waals surface area contributed by atoms with Gasteiger partial charge in [-0.25, -0.2) is 4.98 Å². The highest BCUT2D eigenvalue weighted by Crippen LogP contribution is 2.41. The Hall–Kier alpha value is -5.41. The molecule has 3 aliphatic rings. The highest BCUT2D eigenvalue weighted by Gasteiger charge is 2.34. The van der Waals surface area contributed by atoms with Crippen LogP contribution in [0.2, 0.25) is 0 Å². The van der Waals surface area contributed by atoms with Gasteiger partial charge in [0.05, 0.1) is 24.3 Å². The van der Waals surface area contributed by atoms with Crippen LogP contribution >= 0.6 is 0 Å². The summed E-state index contributed by atoms with van der Waals surface area (Å²) in [6.07, 6.45) is 4.92. The Kier molecular flexibility index (Phi) is 9.99. The van der Waals surface area contributed by atoms with E-state index in [4.69, 9.17) is 4.98 Å². The van der Waals surface area contributed by atoms with E-state index in [0.717, 1.165) is 78.9 Å². The van der Waals surface area contributed by atoms with Crippen molar-refractivity contribution in [3.05, 3.63) is 126 Å². The van der Waals surface area contributed by atoms with Crippen molar-refractivity contribution in [2.24, 2.45) is 0 Å². The van der Waals surface area contributed by atoms with Crippen molar-refractivity contribution in [3.63, 3.8) is 0 Å². The molecule has 0 saturated heterocycles. The number of nitrogens with zero attached hydrogens (tertiary/aromatic N) is 5. The highest BCUT2D eigenvalue weighted by atomic mass is 16.2. The fourth-order valence-corrected chi connectivity index (χ4v) is 8.68. The van der Waals surface area contributed by atoms with Crippen LogP contribution in [0.4, 0.5) is 22.7 Å². The lowest BCUT2D eigenvalue weighted by Gasteiger charge is -2.40. The highest BCUT2D eigenvalue weighted by molar-refractivity contribution is 5.96. The summed E-state index contributed by atoms with van der Waals surface area (Å²) in [7, 11) is 0. The van der Waals surface area contributed by atoms with Crippen molar-refractivity contribution in [2.45, 2.75) is 97.2 Å². The molecule has 4 heterocycles. The van der Waals surface area contributed by atoms with Crippen LogP contribution in [-0.4, -0.2) is 44.9 Å². The van der Waals surface area contributed by atoms with Crippen molar-refractivity contribution in [1.29, 1.82) is 0 Å². The number of para-hydroxylation sites is 2. The van der Waals surface area contributed by atoms with Crippen LogP contribution in [0.25, 0.3) is 11.3 Å². The molecule has 0 spiro atoms. The molecule has 8 rings (SSSR count). The van der Waals surface area contributed by atoms with Gasteiger partial charge in [-0.15, -0.1) is 0 Å². The van der Waals surface area contributed by atoms with Crippen molar-refractivity contribution in [2.75, 3.05) is 27.0 Å². The second-order valence-electron chi connectivity index (χ2n) is 15.1. The van der Waals surface area contributed by atoms with E-state index in [-0.39, 0.29) is 36.0 Å². The molecule has 9 heteroatoms. The van der Waals surface area contributed by atoms with Crippen LogP contribution in [0.1, 0.15) is 88.0 Å². The van der Waals surface area contributed by atoms with Gasteiger partial charge in [0.1, 0.15) is 5.82 Å². The summed E-state index contributed by atoms with van der Waals surface area (Å²) in [6.45, 7) is 11.7. The van der Waals surface area contributed by atoms with Crippen LogP contribution < -0.4 is 20.4 Å². The Labute approximate surface area is 319 Å². The minimum absolute atomic E-state index is 0.123. The summed E-state index contributed by atoms with van der Waals surface area (Å²) < 4.78 is 2.30. The number of fused-ring (bicyclic) bond motifs is 3. The first kappa shape index (κ1) is 35.6. The molecular weight excluding hydrogens is 671 g/mol. The summed E-state index contributed by atoms with van der Waals surface area (Å²) in [5.41, 5.74) is 9.91. The molecule has 9 nitrogen and oxygen atoms in total. The maximum Gasteiger partial charge on any atom is 0.226 e. The second kappa shape index (κ2) is 15.1. The van der Waals surface area contributed by atoms with Gasteiger partial charge in [-0.1, -0.05) is 74.5 Å². The van der Waals surface area contributed by atoms with E-state index >= 15 is 0 Å². The van der Waals surface area contributed by atoms with Gasteiger partial charge < -0.3 is 25.0 Å². The molecule has 0 bridgehead atoms. The van der Waals surface area contributed by atoms with E-state index in [1.165, 1.54) is 16.7 Å². The Morgan fingerprint density at radius 3 is 1.74 bits per heavy atom. The van der Waals surface area contributed by atoms with Gasteiger partial charge in [0.25, 0.3) is 0 Å². The van der Waals surface area contributed by atoms with Crippen molar-refractivity contribution in [3.8, 4) is 11.3 Å². The molecule has 54 heavy (non-hydrogen) atoms. The summed E-state index contributed by atoms with van der Waals surface area (Å²) in [5.74, 6) is 1.44. The number of carbonyl (C=O) groups is 2. The summed E-state index contributed by atoms with van der Waals surface area (Å²) in [5, 5.41) is 7.51. The molecule has 0 saturated carbocycles.